The number of rotatable bonds is 5. The SMILES string of the molecule is C=CCC(C)Nc1ncnc(Cl)c1C(C)C. The van der Waals surface area contributed by atoms with E-state index in [-0.39, 0.29) is 0 Å². The third-order valence-corrected chi connectivity index (χ3v) is 2.62. The van der Waals surface area contributed by atoms with Crippen molar-refractivity contribution >= 4 is 17.4 Å². The summed E-state index contributed by atoms with van der Waals surface area (Å²) in [7, 11) is 0. The first-order valence-corrected chi connectivity index (χ1v) is 5.81. The van der Waals surface area contributed by atoms with Crippen LogP contribution in [0.2, 0.25) is 5.15 Å². The van der Waals surface area contributed by atoms with Crippen molar-refractivity contribution in [2.24, 2.45) is 0 Å². The molecule has 0 saturated heterocycles. The number of halogens is 1. The summed E-state index contributed by atoms with van der Waals surface area (Å²) in [4.78, 5) is 8.25. The van der Waals surface area contributed by atoms with Gasteiger partial charge in [-0.3, -0.25) is 0 Å². The number of hydrogen-bond acceptors (Lipinski definition) is 3. The normalized spacial score (nSPS) is 12.6. The van der Waals surface area contributed by atoms with Gasteiger partial charge in [-0.1, -0.05) is 31.5 Å². The molecule has 0 aliphatic heterocycles. The van der Waals surface area contributed by atoms with Gasteiger partial charge in [-0.2, -0.15) is 0 Å². The predicted molar refractivity (Wildman–Crippen MR) is 69.0 cm³/mol. The first-order chi connectivity index (χ1) is 7.56. The van der Waals surface area contributed by atoms with E-state index in [0.717, 1.165) is 17.8 Å². The molecule has 1 rings (SSSR count). The molecule has 1 aromatic heterocycles. The van der Waals surface area contributed by atoms with Crippen molar-refractivity contribution in [2.75, 3.05) is 5.32 Å². The van der Waals surface area contributed by atoms with Crippen molar-refractivity contribution in [3.8, 4) is 0 Å². The van der Waals surface area contributed by atoms with E-state index in [1.807, 2.05) is 6.08 Å². The Labute approximate surface area is 102 Å². The monoisotopic (exact) mass is 239 g/mol. The van der Waals surface area contributed by atoms with Crippen LogP contribution in [0.1, 0.15) is 38.7 Å². The second-order valence-electron chi connectivity index (χ2n) is 4.15. The fourth-order valence-corrected chi connectivity index (χ4v) is 1.89. The van der Waals surface area contributed by atoms with Gasteiger partial charge in [-0.05, 0) is 19.3 Å². The van der Waals surface area contributed by atoms with Crippen LogP contribution < -0.4 is 5.32 Å². The van der Waals surface area contributed by atoms with Gasteiger partial charge in [0.15, 0.2) is 0 Å². The van der Waals surface area contributed by atoms with Gasteiger partial charge in [0.25, 0.3) is 0 Å². The molecule has 1 aromatic rings. The minimum Gasteiger partial charge on any atom is -0.367 e. The maximum atomic E-state index is 6.07. The molecule has 1 unspecified atom stereocenters. The summed E-state index contributed by atoms with van der Waals surface area (Å²) in [6, 6.07) is 0.293. The lowest BCUT2D eigenvalue weighted by molar-refractivity contribution is 0.786. The average molecular weight is 240 g/mol. The third-order valence-electron chi connectivity index (χ3n) is 2.32. The van der Waals surface area contributed by atoms with Crippen LogP contribution in [0, 0.1) is 0 Å². The molecule has 0 bridgehead atoms. The van der Waals surface area contributed by atoms with Gasteiger partial charge in [0.2, 0.25) is 0 Å². The second kappa shape index (κ2) is 5.85. The predicted octanol–water partition coefficient (Wildman–Crippen LogP) is 3.63. The topological polar surface area (TPSA) is 37.8 Å². The molecule has 1 N–H and O–H groups in total. The van der Waals surface area contributed by atoms with Gasteiger partial charge < -0.3 is 5.32 Å². The van der Waals surface area contributed by atoms with Crippen LogP contribution in [0.25, 0.3) is 0 Å². The van der Waals surface area contributed by atoms with E-state index in [2.05, 4.69) is 42.6 Å². The van der Waals surface area contributed by atoms with Crippen molar-refractivity contribution < 1.29 is 0 Å². The van der Waals surface area contributed by atoms with Crippen LogP contribution >= 0.6 is 11.6 Å². The Morgan fingerprint density at radius 2 is 2.12 bits per heavy atom. The number of nitrogens with one attached hydrogen (secondary N) is 1. The molecular weight excluding hydrogens is 222 g/mol. The number of nitrogens with zero attached hydrogens (tertiary/aromatic N) is 2. The molecule has 0 aliphatic rings. The molecule has 0 radical (unpaired) electrons. The van der Waals surface area contributed by atoms with Crippen LogP contribution in [0.5, 0.6) is 0 Å². The summed E-state index contributed by atoms with van der Waals surface area (Å²) < 4.78 is 0. The van der Waals surface area contributed by atoms with Gasteiger partial charge >= 0.3 is 0 Å². The molecule has 88 valence electrons. The quantitative estimate of drug-likeness (QED) is 0.630. The third kappa shape index (κ3) is 3.20. The van der Waals surface area contributed by atoms with E-state index in [1.54, 1.807) is 0 Å². The molecular formula is C12H18ClN3. The Hall–Kier alpha value is -1.09. The van der Waals surface area contributed by atoms with Crippen LogP contribution in [0.15, 0.2) is 19.0 Å². The minimum absolute atomic E-state index is 0.293. The zero-order valence-electron chi connectivity index (χ0n) is 10.00. The zero-order chi connectivity index (χ0) is 12.1. The van der Waals surface area contributed by atoms with Gasteiger partial charge in [0.1, 0.15) is 17.3 Å². The molecule has 0 saturated carbocycles. The van der Waals surface area contributed by atoms with Crippen LogP contribution in [-0.2, 0) is 0 Å². The molecule has 0 aromatic carbocycles. The molecule has 1 atom stereocenters. The summed E-state index contributed by atoms with van der Waals surface area (Å²) in [6.45, 7) is 9.96. The van der Waals surface area contributed by atoms with Crippen LogP contribution in [0.3, 0.4) is 0 Å². The molecule has 0 spiro atoms. The highest BCUT2D eigenvalue weighted by Gasteiger charge is 2.14. The van der Waals surface area contributed by atoms with E-state index < -0.39 is 0 Å². The number of anilines is 1. The van der Waals surface area contributed by atoms with E-state index in [1.165, 1.54) is 6.33 Å². The van der Waals surface area contributed by atoms with Crippen molar-refractivity contribution in [3.05, 3.63) is 29.7 Å². The molecule has 1 heterocycles. The number of aromatic nitrogens is 2. The molecule has 0 fully saturated rings. The average Bonchev–Trinajstić information content (AvgIpc) is 2.17. The van der Waals surface area contributed by atoms with Crippen molar-refractivity contribution in [1.82, 2.24) is 9.97 Å². The lowest BCUT2D eigenvalue weighted by Crippen LogP contribution is -2.17. The van der Waals surface area contributed by atoms with Gasteiger partial charge in [-0.25, -0.2) is 9.97 Å². The van der Waals surface area contributed by atoms with Crippen LogP contribution in [0.4, 0.5) is 5.82 Å². The largest absolute Gasteiger partial charge is 0.367 e. The summed E-state index contributed by atoms with van der Waals surface area (Å²) in [5.41, 5.74) is 0.972. The highest BCUT2D eigenvalue weighted by molar-refractivity contribution is 6.30. The van der Waals surface area contributed by atoms with E-state index >= 15 is 0 Å². The maximum absolute atomic E-state index is 6.07. The van der Waals surface area contributed by atoms with Gasteiger partial charge in [0.05, 0.1) is 0 Å². The summed E-state index contributed by atoms with van der Waals surface area (Å²) in [6.07, 6.45) is 4.26. The number of hydrogen-bond donors (Lipinski definition) is 1. The lowest BCUT2D eigenvalue weighted by atomic mass is 10.1. The second-order valence-corrected chi connectivity index (χ2v) is 4.51. The van der Waals surface area contributed by atoms with E-state index in [0.29, 0.717) is 17.1 Å². The smallest absolute Gasteiger partial charge is 0.138 e. The molecule has 0 aliphatic carbocycles. The summed E-state index contributed by atoms with van der Waals surface area (Å²) in [5, 5.41) is 3.85. The zero-order valence-corrected chi connectivity index (χ0v) is 10.8. The first-order valence-electron chi connectivity index (χ1n) is 5.44. The maximum Gasteiger partial charge on any atom is 0.138 e. The molecule has 3 nitrogen and oxygen atoms in total. The van der Waals surface area contributed by atoms with Crippen molar-refractivity contribution in [3.63, 3.8) is 0 Å². The molecule has 4 heteroatoms. The Kier molecular flexibility index (Phi) is 4.74. The summed E-state index contributed by atoms with van der Waals surface area (Å²) in [5.74, 6) is 1.12. The molecule has 16 heavy (non-hydrogen) atoms. The Bertz CT molecular complexity index is 363. The minimum atomic E-state index is 0.293. The van der Waals surface area contributed by atoms with Crippen LogP contribution in [-0.4, -0.2) is 16.0 Å². The Morgan fingerprint density at radius 3 is 2.69 bits per heavy atom. The van der Waals surface area contributed by atoms with Crippen molar-refractivity contribution in [2.45, 2.75) is 39.2 Å². The highest BCUT2D eigenvalue weighted by atomic mass is 35.5. The fraction of sp³-hybridized carbons (Fsp3) is 0.500. The van der Waals surface area contributed by atoms with Crippen molar-refractivity contribution in [1.29, 1.82) is 0 Å². The first kappa shape index (κ1) is 13.0. The Balaban J connectivity index is 2.94. The van der Waals surface area contributed by atoms with Gasteiger partial charge in [0, 0.05) is 11.6 Å². The molecule has 0 amide bonds. The standard InChI is InChI=1S/C12H18ClN3/c1-5-6-9(4)16-12-10(8(2)3)11(13)14-7-15-12/h5,7-9H,1,6H2,2-4H3,(H,14,15,16). The van der Waals surface area contributed by atoms with E-state index in [9.17, 15) is 0 Å². The fourth-order valence-electron chi connectivity index (χ4n) is 1.54. The highest BCUT2D eigenvalue weighted by Crippen LogP contribution is 2.28. The lowest BCUT2D eigenvalue weighted by Gasteiger charge is -2.17. The Morgan fingerprint density at radius 1 is 1.44 bits per heavy atom. The summed E-state index contributed by atoms with van der Waals surface area (Å²) >= 11 is 6.07. The van der Waals surface area contributed by atoms with E-state index in [4.69, 9.17) is 11.6 Å². The van der Waals surface area contributed by atoms with Gasteiger partial charge in [-0.15, -0.1) is 6.58 Å².